The van der Waals surface area contributed by atoms with Gasteiger partial charge in [0.05, 0.1) is 20.1 Å². The van der Waals surface area contributed by atoms with Crippen molar-refractivity contribution in [3.8, 4) is 5.75 Å². The molecule has 0 spiro atoms. The third-order valence-electron chi connectivity index (χ3n) is 3.47. The van der Waals surface area contributed by atoms with E-state index in [9.17, 15) is 4.79 Å². The highest BCUT2D eigenvalue weighted by Gasteiger charge is 2.33. The number of thiocarbonyl (C=S) groups is 1. The van der Waals surface area contributed by atoms with Gasteiger partial charge >= 0.3 is 0 Å². The number of carbonyl (C=O) groups excluding carboxylic acids is 1. The van der Waals surface area contributed by atoms with Crippen molar-refractivity contribution in [2.75, 3.05) is 11.5 Å². The molecule has 0 aromatic heterocycles. The van der Waals surface area contributed by atoms with Gasteiger partial charge in [0.1, 0.15) is 6.61 Å². The largest absolute Gasteiger partial charge is 0.487 e. The van der Waals surface area contributed by atoms with Crippen molar-refractivity contribution in [2.24, 2.45) is 0 Å². The van der Waals surface area contributed by atoms with Gasteiger partial charge in [0, 0.05) is 0 Å². The second kappa shape index (κ2) is 8.39. The highest BCUT2D eigenvalue weighted by atomic mass is 79.9. The second-order valence-corrected chi connectivity index (χ2v) is 8.20. The molecular weight excluding hydrogens is 454 g/mol. The number of carbonyl (C=O) groups is 1. The van der Waals surface area contributed by atoms with Gasteiger partial charge in [-0.25, -0.2) is 0 Å². The monoisotopic (exact) mass is 465 g/mol. The number of halogens is 2. The van der Waals surface area contributed by atoms with Crippen molar-refractivity contribution in [1.29, 1.82) is 0 Å². The van der Waals surface area contributed by atoms with Gasteiger partial charge in [0.2, 0.25) is 0 Å². The molecule has 3 nitrogen and oxygen atoms in total. The van der Waals surface area contributed by atoms with Crippen LogP contribution in [0.3, 0.4) is 0 Å². The Morgan fingerprint density at radius 3 is 2.69 bits per heavy atom. The van der Waals surface area contributed by atoms with Crippen LogP contribution in [0.4, 0.5) is 5.69 Å². The van der Waals surface area contributed by atoms with E-state index in [2.05, 4.69) is 22.5 Å². The second-order valence-electron chi connectivity index (χ2n) is 5.27. The molecular formula is C19H13BrClNO2S2. The zero-order valence-electron chi connectivity index (χ0n) is 13.4. The van der Waals surface area contributed by atoms with Crippen LogP contribution in [0, 0.1) is 0 Å². The maximum Gasteiger partial charge on any atom is 0.270 e. The quantitative estimate of drug-likeness (QED) is 0.304. The van der Waals surface area contributed by atoms with Crippen LogP contribution in [-0.2, 0) is 4.79 Å². The van der Waals surface area contributed by atoms with Gasteiger partial charge in [-0.15, -0.1) is 0 Å². The summed E-state index contributed by atoms with van der Waals surface area (Å²) in [5.74, 6) is 0.394. The van der Waals surface area contributed by atoms with E-state index in [0.717, 1.165) is 11.3 Å². The number of para-hydroxylation sites is 1. The molecule has 26 heavy (non-hydrogen) atoms. The summed E-state index contributed by atoms with van der Waals surface area (Å²) in [6.07, 6.45) is 3.42. The maximum atomic E-state index is 12.8. The molecule has 2 aromatic carbocycles. The zero-order chi connectivity index (χ0) is 18.7. The molecule has 1 saturated heterocycles. The van der Waals surface area contributed by atoms with Gasteiger partial charge in [-0.2, -0.15) is 0 Å². The summed E-state index contributed by atoms with van der Waals surface area (Å²) in [5, 5.41) is 0.450. The Morgan fingerprint density at radius 1 is 1.31 bits per heavy atom. The summed E-state index contributed by atoms with van der Waals surface area (Å²) in [5.41, 5.74) is 1.53. The maximum absolute atomic E-state index is 12.8. The summed E-state index contributed by atoms with van der Waals surface area (Å²) in [7, 11) is 0. The number of nitrogens with zero attached hydrogens (tertiary/aromatic N) is 1. The lowest BCUT2D eigenvalue weighted by Crippen LogP contribution is -2.27. The molecule has 1 aliphatic rings. The molecule has 132 valence electrons. The zero-order valence-corrected chi connectivity index (χ0v) is 17.4. The van der Waals surface area contributed by atoms with E-state index >= 15 is 0 Å². The van der Waals surface area contributed by atoms with Crippen molar-refractivity contribution in [1.82, 2.24) is 0 Å². The third-order valence-corrected chi connectivity index (χ3v) is 5.64. The Bertz CT molecular complexity index is 892. The van der Waals surface area contributed by atoms with Gasteiger partial charge in [-0.1, -0.05) is 66.4 Å². The third kappa shape index (κ3) is 4.04. The van der Waals surface area contributed by atoms with Crippen molar-refractivity contribution < 1.29 is 9.53 Å². The van der Waals surface area contributed by atoms with E-state index in [1.165, 1.54) is 16.7 Å². The number of hydrogen-bond donors (Lipinski definition) is 0. The van der Waals surface area contributed by atoms with Crippen LogP contribution >= 0.6 is 51.5 Å². The highest BCUT2D eigenvalue weighted by Crippen LogP contribution is 2.38. The van der Waals surface area contributed by atoms with Crippen LogP contribution in [-0.4, -0.2) is 16.8 Å². The molecule has 3 rings (SSSR count). The predicted octanol–water partition coefficient (Wildman–Crippen LogP) is 6.07. The van der Waals surface area contributed by atoms with Crippen molar-refractivity contribution in [2.45, 2.75) is 0 Å². The fourth-order valence-electron chi connectivity index (χ4n) is 2.36. The van der Waals surface area contributed by atoms with Crippen LogP contribution in [0.2, 0.25) is 5.02 Å². The lowest BCUT2D eigenvalue weighted by molar-refractivity contribution is -0.113. The Morgan fingerprint density at radius 2 is 2.04 bits per heavy atom. The summed E-state index contributed by atoms with van der Waals surface area (Å²) < 4.78 is 6.74. The van der Waals surface area contributed by atoms with Gasteiger partial charge < -0.3 is 4.74 Å². The molecule has 0 unspecified atom stereocenters. The molecule has 0 aliphatic carbocycles. The van der Waals surface area contributed by atoms with Gasteiger partial charge in [-0.3, -0.25) is 9.69 Å². The first-order valence-corrected chi connectivity index (χ1v) is 9.96. The normalized spacial score (nSPS) is 15.6. The minimum absolute atomic E-state index is 0.148. The molecule has 1 amide bonds. The van der Waals surface area contributed by atoms with Crippen molar-refractivity contribution in [3.05, 3.63) is 75.1 Å². The van der Waals surface area contributed by atoms with Crippen LogP contribution in [0.25, 0.3) is 6.08 Å². The number of anilines is 1. The first kappa shape index (κ1) is 19.2. The van der Waals surface area contributed by atoms with Gasteiger partial charge in [0.15, 0.2) is 10.1 Å². The Kier molecular flexibility index (Phi) is 6.19. The van der Waals surface area contributed by atoms with Gasteiger partial charge in [-0.05, 0) is 51.8 Å². The molecule has 0 bridgehead atoms. The molecule has 0 saturated carbocycles. The van der Waals surface area contributed by atoms with E-state index in [0.29, 0.717) is 31.1 Å². The first-order valence-electron chi connectivity index (χ1n) is 7.57. The average Bonchev–Trinajstić information content (AvgIpc) is 2.88. The molecule has 0 atom stereocenters. The van der Waals surface area contributed by atoms with E-state index in [1.807, 2.05) is 36.4 Å². The Labute approximate surface area is 174 Å². The summed E-state index contributed by atoms with van der Waals surface area (Å²) in [4.78, 5) is 14.8. The number of thioether (sulfide) groups is 1. The lowest BCUT2D eigenvalue weighted by Gasteiger charge is -2.13. The average molecular weight is 467 g/mol. The minimum Gasteiger partial charge on any atom is -0.487 e. The van der Waals surface area contributed by atoms with E-state index in [4.69, 9.17) is 28.6 Å². The Hall–Kier alpha value is -1.60. The van der Waals surface area contributed by atoms with Crippen LogP contribution in [0.1, 0.15) is 5.56 Å². The highest BCUT2D eigenvalue weighted by molar-refractivity contribution is 9.10. The molecule has 1 aliphatic heterocycles. The van der Waals surface area contributed by atoms with E-state index in [1.54, 1.807) is 18.2 Å². The first-order chi connectivity index (χ1) is 12.5. The lowest BCUT2D eigenvalue weighted by atomic mass is 10.2. The number of amides is 1. The van der Waals surface area contributed by atoms with Crippen LogP contribution in [0.5, 0.6) is 5.75 Å². The van der Waals surface area contributed by atoms with Crippen LogP contribution in [0.15, 0.2) is 64.5 Å². The van der Waals surface area contributed by atoms with Crippen molar-refractivity contribution in [3.63, 3.8) is 0 Å². The fraction of sp³-hybridized carbons (Fsp3) is 0.0526. The standard InChI is InChI=1S/C19H13BrClNO2S2/c1-2-8-24-17-14(20)9-12(10-15(17)21)11-16-18(23)22(19(25)26-16)13-6-4-3-5-7-13/h2-7,9-11H,1,8H2/b16-11+. The summed E-state index contributed by atoms with van der Waals surface area (Å²) in [6.45, 7) is 3.97. The number of benzene rings is 2. The number of rotatable bonds is 5. The summed E-state index contributed by atoms with van der Waals surface area (Å²) >= 11 is 16.4. The Balaban J connectivity index is 1.90. The van der Waals surface area contributed by atoms with E-state index in [-0.39, 0.29) is 5.91 Å². The number of hydrogen-bond acceptors (Lipinski definition) is 4. The summed E-state index contributed by atoms with van der Waals surface area (Å²) in [6, 6.07) is 12.9. The smallest absolute Gasteiger partial charge is 0.270 e. The SMILES string of the molecule is C=CCOc1c(Cl)cc(/C=C2/SC(=S)N(c3ccccc3)C2=O)cc1Br. The van der Waals surface area contributed by atoms with Crippen molar-refractivity contribution >= 4 is 73.5 Å². The van der Waals surface area contributed by atoms with Crippen LogP contribution < -0.4 is 9.64 Å². The molecule has 2 aromatic rings. The molecule has 0 N–H and O–H groups in total. The molecule has 1 heterocycles. The fourth-order valence-corrected chi connectivity index (χ4v) is 4.65. The number of ether oxygens (including phenoxy) is 1. The topological polar surface area (TPSA) is 29.5 Å². The molecule has 0 radical (unpaired) electrons. The molecule has 7 heteroatoms. The predicted molar refractivity (Wildman–Crippen MR) is 117 cm³/mol. The van der Waals surface area contributed by atoms with Gasteiger partial charge in [0.25, 0.3) is 5.91 Å². The molecule has 1 fully saturated rings. The minimum atomic E-state index is -0.148. The van der Waals surface area contributed by atoms with E-state index < -0.39 is 0 Å².